The van der Waals surface area contributed by atoms with Crippen LogP contribution >= 0.6 is 7.14 Å². The van der Waals surface area contributed by atoms with Crippen molar-refractivity contribution in [3.63, 3.8) is 0 Å². The Morgan fingerprint density at radius 3 is 1.60 bits per heavy atom. The van der Waals surface area contributed by atoms with Crippen molar-refractivity contribution in [2.75, 3.05) is 0 Å². The molecule has 0 amide bonds. The third kappa shape index (κ3) is 4.80. The minimum atomic E-state index is -3.15. The van der Waals surface area contributed by atoms with E-state index in [1.165, 1.54) is 67.9 Å². The molecule has 0 spiro atoms. The molecule has 1 atom stereocenters. The third-order valence-corrected chi connectivity index (χ3v) is 21.2. The fourth-order valence-corrected chi connectivity index (χ4v) is 15.8. The predicted molar refractivity (Wildman–Crippen MR) is 229 cm³/mol. The zero-order valence-corrected chi connectivity index (χ0v) is 32.6. The second-order valence-corrected chi connectivity index (χ2v) is 22.6. The Labute approximate surface area is 314 Å². The molecule has 53 heavy (non-hydrogen) atoms. The smallest absolute Gasteiger partial charge is 0.171 e. The highest BCUT2D eigenvalue weighted by Gasteiger charge is 2.46. The van der Waals surface area contributed by atoms with Crippen molar-refractivity contribution in [2.45, 2.75) is 44.3 Å². The molecular weight excluding hydrogens is 678 g/mol. The summed E-state index contributed by atoms with van der Waals surface area (Å²) < 4.78 is 18.0. The van der Waals surface area contributed by atoms with Gasteiger partial charge in [0.2, 0.25) is 0 Å². The van der Waals surface area contributed by atoms with E-state index in [9.17, 15) is 0 Å². The average Bonchev–Trinajstić information content (AvgIpc) is 3.58. The molecule has 0 saturated carbocycles. The average molecular weight is 722 g/mol. The van der Waals surface area contributed by atoms with Crippen molar-refractivity contribution in [1.29, 1.82) is 0 Å². The van der Waals surface area contributed by atoms with Crippen LogP contribution in [-0.4, -0.2) is 12.6 Å². The molecule has 1 aliphatic rings. The first kappa shape index (κ1) is 33.6. The molecular formula is C49H44NOPSi. The number of benzene rings is 7. The van der Waals surface area contributed by atoms with Gasteiger partial charge in [-0.2, -0.15) is 0 Å². The maximum Gasteiger partial charge on any atom is 0.171 e. The molecule has 1 aromatic heterocycles. The summed E-state index contributed by atoms with van der Waals surface area (Å²) in [6, 6.07) is 66.9. The van der Waals surface area contributed by atoms with Crippen molar-refractivity contribution < 1.29 is 4.57 Å². The Morgan fingerprint density at radius 1 is 0.491 bits per heavy atom. The van der Waals surface area contributed by atoms with Gasteiger partial charge in [0, 0.05) is 26.7 Å². The van der Waals surface area contributed by atoms with E-state index in [4.69, 9.17) is 0 Å². The van der Waals surface area contributed by atoms with Gasteiger partial charge in [-0.1, -0.05) is 208 Å². The number of hydrogen-bond acceptors (Lipinski definition) is 1. The van der Waals surface area contributed by atoms with E-state index in [0.29, 0.717) is 0 Å². The van der Waals surface area contributed by atoms with Crippen LogP contribution < -0.4 is 21.1 Å². The van der Waals surface area contributed by atoms with Gasteiger partial charge in [0.1, 0.15) is 0 Å². The molecule has 1 aliphatic heterocycles. The lowest BCUT2D eigenvalue weighted by atomic mass is 9.63. The highest BCUT2D eigenvalue weighted by Crippen LogP contribution is 2.54. The lowest BCUT2D eigenvalue weighted by Gasteiger charge is -2.42. The van der Waals surface area contributed by atoms with Crippen LogP contribution in [0.3, 0.4) is 0 Å². The van der Waals surface area contributed by atoms with Crippen LogP contribution in [0.1, 0.15) is 43.0 Å². The minimum absolute atomic E-state index is 0.615. The van der Waals surface area contributed by atoms with Crippen LogP contribution in [0.4, 0.5) is 0 Å². The summed E-state index contributed by atoms with van der Waals surface area (Å²) in [6.07, 6.45) is 0. The summed E-state index contributed by atoms with van der Waals surface area (Å²) in [5, 5.41) is 6.59. The summed E-state index contributed by atoms with van der Waals surface area (Å²) in [6.45, 7) is 7.16. The quantitative estimate of drug-likeness (QED) is 0.107. The lowest BCUT2D eigenvalue weighted by Crippen LogP contribution is -2.46. The standard InChI is InChI=1S/C49H44NOPSi/c1-4-53(5-2,6-3)41-34-30-37(31-35-41)49(36-28-32-40(33-29-36)52(51,38-18-9-7-10-19-38)39-20-11-8-12-21-39)44-24-14-16-27-47(44)50-46-26-15-13-22-42(46)43-23-17-25-45(49)48(43)50/h7-35H,4-6H2,1-3H3. The van der Waals surface area contributed by atoms with Gasteiger partial charge in [-0.3, -0.25) is 0 Å². The molecule has 8 aromatic rings. The number of fused-ring (bicyclic) bond motifs is 5. The van der Waals surface area contributed by atoms with E-state index in [1.807, 2.05) is 60.7 Å². The van der Waals surface area contributed by atoms with Gasteiger partial charge in [0.25, 0.3) is 0 Å². The summed E-state index contributed by atoms with van der Waals surface area (Å²) in [5.74, 6) is 0. The fraction of sp³-hybridized carbons (Fsp3) is 0.143. The molecule has 4 heteroatoms. The summed E-state index contributed by atoms with van der Waals surface area (Å²) in [5.41, 5.74) is 8.00. The largest absolute Gasteiger partial charge is 0.309 e. The van der Waals surface area contributed by atoms with Gasteiger partial charge in [-0.05, 0) is 34.4 Å². The van der Waals surface area contributed by atoms with Crippen LogP contribution in [0.25, 0.3) is 27.5 Å². The van der Waals surface area contributed by atoms with Crippen LogP contribution in [0.2, 0.25) is 18.1 Å². The van der Waals surface area contributed by atoms with E-state index < -0.39 is 20.6 Å². The van der Waals surface area contributed by atoms with E-state index in [0.717, 1.165) is 15.9 Å². The molecule has 0 aliphatic carbocycles. The maximum atomic E-state index is 15.5. The second kappa shape index (κ2) is 13.0. The Hall–Kier alpha value is -5.21. The van der Waals surface area contributed by atoms with Crippen LogP contribution in [0.5, 0.6) is 0 Å². The number of nitrogens with zero attached hydrogens (tertiary/aromatic N) is 1. The summed E-state index contributed by atoms with van der Waals surface area (Å²) in [7, 11) is -4.75. The van der Waals surface area contributed by atoms with Crippen molar-refractivity contribution in [2.24, 2.45) is 0 Å². The van der Waals surface area contributed by atoms with Gasteiger partial charge in [-0.15, -0.1) is 0 Å². The number of para-hydroxylation sites is 3. The first-order valence-electron chi connectivity index (χ1n) is 19.1. The monoisotopic (exact) mass is 721 g/mol. The maximum absolute atomic E-state index is 15.5. The van der Waals surface area contributed by atoms with Gasteiger partial charge >= 0.3 is 0 Å². The lowest BCUT2D eigenvalue weighted by molar-refractivity contribution is 0.592. The molecule has 2 heterocycles. The van der Waals surface area contributed by atoms with Crippen LogP contribution in [0.15, 0.2) is 176 Å². The first-order valence-corrected chi connectivity index (χ1v) is 23.4. The minimum Gasteiger partial charge on any atom is -0.309 e. The highest BCUT2D eigenvalue weighted by molar-refractivity contribution is 7.85. The zero-order valence-electron chi connectivity index (χ0n) is 30.7. The Balaban J connectivity index is 1.35. The van der Waals surface area contributed by atoms with E-state index in [1.54, 1.807) is 5.19 Å². The van der Waals surface area contributed by atoms with Gasteiger partial charge < -0.3 is 9.13 Å². The van der Waals surface area contributed by atoms with Crippen molar-refractivity contribution in [3.05, 3.63) is 198 Å². The molecule has 0 saturated heterocycles. The first-order chi connectivity index (χ1) is 26.0. The van der Waals surface area contributed by atoms with Crippen LogP contribution in [-0.2, 0) is 9.98 Å². The second-order valence-electron chi connectivity index (χ2n) is 14.6. The van der Waals surface area contributed by atoms with Gasteiger partial charge in [-0.25, -0.2) is 0 Å². The van der Waals surface area contributed by atoms with E-state index in [2.05, 4.69) is 141 Å². The van der Waals surface area contributed by atoms with E-state index >= 15 is 4.57 Å². The molecule has 0 bridgehead atoms. The van der Waals surface area contributed by atoms with Gasteiger partial charge in [0.15, 0.2) is 7.14 Å². The van der Waals surface area contributed by atoms with E-state index in [-0.39, 0.29) is 0 Å². The molecule has 0 radical (unpaired) electrons. The Morgan fingerprint density at radius 2 is 0.981 bits per heavy atom. The molecule has 9 rings (SSSR count). The molecule has 260 valence electrons. The summed E-state index contributed by atoms with van der Waals surface area (Å²) in [4.78, 5) is 0. The Kier molecular flexibility index (Phi) is 8.26. The number of hydrogen-bond donors (Lipinski definition) is 0. The van der Waals surface area contributed by atoms with Gasteiger partial charge in [0.05, 0.1) is 30.2 Å². The highest BCUT2D eigenvalue weighted by atomic mass is 31.2. The van der Waals surface area contributed by atoms with Crippen molar-refractivity contribution >= 4 is 58.1 Å². The molecule has 0 N–H and O–H groups in total. The Bertz CT molecular complexity index is 2590. The predicted octanol–water partition coefficient (Wildman–Crippen LogP) is 10.8. The summed E-state index contributed by atoms with van der Waals surface area (Å²) >= 11 is 0. The zero-order chi connectivity index (χ0) is 36.2. The normalized spacial score (nSPS) is 15.5. The van der Waals surface area contributed by atoms with Crippen LogP contribution in [0, 0.1) is 0 Å². The molecule has 0 fully saturated rings. The fourth-order valence-electron chi connectivity index (χ4n) is 9.57. The topological polar surface area (TPSA) is 22.0 Å². The SMILES string of the molecule is CC[Si](CC)(CC)c1ccc(C2(c3ccc(P(=O)(c4ccccc4)c4ccccc4)cc3)c3ccccc3-n3c4ccccc4c4cccc2c43)cc1. The molecule has 2 nitrogen and oxygen atoms in total. The third-order valence-electron chi connectivity index (χ3n) is 12.5. The number of aromatic nitrogens is 1. The molecule has 7 aromatic carbocycles. The number of rotatable bonds is 9. The van der Waals surface area contributed by atoms with Crippen molar-refractivity contribution in [1.82, 2.24) is 4.57 Å². The molecule has 1 unspecified atom stereocenters. The van der Waals surface area contributed by atoms with Crippen molar-refractivity contribution in [3.8, 4) is 5.69 Å².